The van der Waals surface area contributed by atoms with Gasteiger partial charge in [-0.15, -0.1) is 0 Å². The van der Waals surface area contributed by atoms with Gasteiger partial charge in [-0.05, 0) is 32.9 Å². The molecule has 0 saturated carbocycles. The van der Waals surface area contributed by atoms with Gasteiger partial charge in [0, 0.05) is 12.5 Å². The summed E-state index contributed by atoms with van der Waals surface area (Å²) >= 11 is 0. The van der Waals surface area contributed by atoms with E-state index in [1.54, 1.807) is 6.92 Å². The van der Waals surface area contributed by atoms with Gasteiger partial charge in [-0.25, -0.2) is 4.79 Å². The van der Waals surface area contributed by atoms with Gasteiger partial charge in [0.15, 0.2) is 0 Å². The fourth-order valence-electron chi connectivity index (χ4n) is 2.21. The van der Waals surface area contributed by atoms with Crippen LogP contribution in [-0.4, -0.2) is 47.6 Å². The second-order valence-corrected chi connectivity index (χ2v) is 4.70. The zero-order chi connectivity index (χ0) is 12.8. The smallest absolute Gasteiger partial charge is 0.326 e. The van der Waals surface area contributed by atoms with Crippen LogP contribution in [0.2, 0.25) is 0 Å². The third-order valence-electron chi connectivity index (χ3n) is 3.38. The molecule has 2 N–H and O–H groups in total. The minimum atomic E-state index is -0.960. The minimum absolute atomic E-state index is 0.155. The van der Waals surface area contributed by atoms with Crippen LogP contribution in [0.25, 0.3) is 0 Å². The van der Waals surface area contributed by atoms with Crippen molar-refractivity contribution in [1.29, 1.82) is 0 Å². The first kappa shape index (κ1) is 14.0. The molecule has 0 aromatic rings. The summed E-state index contributed by atoms with van der Waals surface area (Å²) in [6, 6.07) is -0.494. The third kappa shape index (κ3) is 4.34. The number of piperidine rings is 1. The van der Waals surface area contributed by atoms with Crippen LogP contribution < -0.4 is 5.32 Å². The van der Waals surface area contributed by atoms with E-state index < -0.39 is 12.0 Å². The molecule has 1 aliphatic rings. The summed E-state index contributed by atoms with van der Waals surface area (Å²) in [6.45, 7) is 2.78. The van der Waals surface area contributed by atoms with Crippen LogP contribution in [0.4, 0.5) is 0 Å². The van der Waals surface area contributed by atoms with Crippen molar-refractivity contribution in [3.8, 4) is 0 Å². The predicted octanol–water partition coefficient (Wildman–Crippen LogP) is 0.840. The van der Waals surface area contributed by atoms with E-state index in [0.717, 1.165) is 19.4 Å². The molecule has 17 heavy (non-hydrogen) atoms. The highest BCUT2D eigenvalue weighted by Crippen LogP contribution is 2.17. The molecule has 0 radical (unpaired) electrons. The zero-order valence-corrected chi connectivity index (χ0v) is 10.6. The molecule has 1 heterocycles. The SMILES string of the molecule is CCC(NC(=O)CC1CCCCN1C)C(=O)O. The standard InChI is InChI=1S/C12H22N2O3/c1-3-10(12(16)17)13-11(15)8-9-6-4-5-7-14(9)2/h9-10H,3-8H2,1-2H3,(H,13,15)(H,16,17). The Hall–Kier alpha value is -1.10. The van der Waals surface area contributed by atoms with E-state index in [0.29, 0.717) is 12.8 Å². The second-order valence-electron chi connectivity index (χ2n) is 4.70. The largest absolute Gasteiger partial charge is 0.480 e. The average molecular weight is 242 g/mol. The fraction of sp³-hybridized carbons (Fsp3) is 0.833. The molecule has 1 saturated heterocycles. The van der Waals surface area contributed by atoms with Crippen molar-refractivity contribution >= 4 is 11.9 Å². The average Bonchev–Trinajstić information content (AvgIpc) is 2.28. The van der Waals surface area contributed by atoms with Crippen LogP contribution in [0, 0.1) is 0 Å². The van der Waals surface area contributed by atoms with Crippen molar-refractivity contribution in [3.05, 3.63) is 0 Å². The molecule has 5 nitrogen and oxygen atoms in total. The van der Waals surface area contributed by atoms with Gasteiger partial charge in [-0.1, -0.05) is 13.3 Å². The Morgan fingerprint density at radius 1 is 1.47 bits per heavy atom. The van der Waals surface area contributed by atoms with E-state index in [1.165, 1.54) is 6.42 Å². The van der Waals surface area contributed by atoms with Gasteiger partial charge in [0.1, 0.15) is 6.04 Å². The molecule has 0 aliphatic carbocycles. The lowest BCUT2D eigenvalue weighted by molar-refractivity contribution is -0.142. The molecule has 0 spiro atoms. The number of nitrogens with zero attached hydrogens (tertiary/aromatic N) is 1. The normalized spacial score (nSPS) is 23.1. The lowest BCUT2D eigenvalue weighted by Gasteiger charge is -2.32. The molecule has 1 aliphatic heterocycles. The first-order valence-electron chi connectivity index (χ1n) is 6.27. The minimum Gasteiger partial charge on any atom is -0.480 e. The highest BCUT2D eigenvalue weighted by molar-refractivity contribution is 5.83. The van der Waals surface area contributed by atoms with Crippen molar-refractivity contribution < 1.29 is 14.7 Å². The fourth-order valence-corrected chi connectivity index (χ4v) is 2.21. The van der Waals surface area contributed by atoms with Crippen LogP contribution in [0.3, 0.4) is 0 Å². The number of nitrogens with one attached hydrogen (secondary N) is 1. The maximum Gasteiger partial charge on any atom is 0.326 e. The number of aliphatic carboxylic acids is 1. The lowest BCUT2D eigenvalue weighted by Crippen LogP contribution is -2.44. The Morgan fingerprint density at radius 3 is 2.71 bits per heavy atom. The molecule has 2 atom stereocenters. The highest BCUT2D eigenvalue weighted by Gasteiger charge is 2.24. The van der Waals surface area contributed by atoms with Gasteiger partial charge in [-0.3, -0.25) is 4.79 Å². The van der Waals surface area contributed by atoms with Crippen LogP contribution in [-0.2, 0) is 9.59 Å². The summed E-state index contributed by atoms with van der Waals surface area (Å²) in [4.78, 5) is 24.7. The second kappa shape index (κ2) is 6.59. The topological polar surface area (TPSA) is 69.6 Å². The van der Waals surface area contributed by atoms with E-state index in [4.69, 9.17) is 5.11 Å². The molecular weight excluding hydrogens is 220 g/mol. The van der Waals surface area contributed by atoms with Crippen molar-refractivity contribution in [2.75, 3.05) is 13.6 Å². The van der Waals surface area contributed by atoms with Gasteiger partial charge < -0.3 is 15.3 Å². The Balaban J connectivity index is 2.40. The number of amides is 1. The van der Waals surface area contributed by atoms with Gasteiger partial charge in [0.2, 0.25) is 5.91 Å². The van der Waals surface area contributed by atoms with E-state index >= 15 is 0 Å². The molecule has 1 rings (SSSR count). The molecule has 0 aromatic carbocycles. The summed E-state index contributed by atoms with van der Waals surface area (Å²) in [5, 5.41) is 11.4. The molecule has 2 unspecified atom stereocenters. The van der Waals surface area contributed by atoms with Crippen molar-refractivity contribution in [2.45, 2.75) is 51.1 Å². The molecule has 0 bridgehead atoms. The number of carbonyl (C=O) groups excluding carboxylic acids is 1. The number of rotatable bonds is 5. The number of carboxylic acid groups (broad SMARTS) is 1. The Morgan fingerprint density at radius 2 is 2.18 bits per heavy atom. The van der Waals surface area contributed by atoms with Gasteiger partial charge in [0.25, 0.3) is 0 Å². The maximum atomic E-state index is 11.7. The van der Waals surface area contributed by atoms with Crippen LogP contribution in [0.15, 0.2) is 0 Å². The number of hydrogen-bond donors (Lipinski definition) is 2. The molecule has 1 amide bonds. The molecular formula is C12H22N2O3. The monoisotopic (exact) mass is 242 g/mol. The first-order valence-corrected chi connectivity index (χ1v) is 6.27. The van der Waals surface area contributed by atoms with Crippen LogP contribution >= 0.6 is 0 Å². The van der Waals surface area contributed by atoms with E-state index in [2.05, 4.69) is 10.2 Å². The summed E-state index contributed by atoms with van der Waals surface area (Å²) in [7, 11) is 2.02. The van der Waals surface area contributed by atoms with E-state index in [-0.39, 0.29) is 11.9 Å². The number of carboxylic acids is 1. The molecule has 98 valence electrons. The number of hydrogen-bond acceptors (Lipinski definition) is 3. The Labute approximate surface area is 102 Å². The van der Waals surface area contributed by atoms with Crippen LogP contribution in [0.5, 0.6) is 0 Å². The summed E-state index contributed by atoms with van der Waals surface area (Å²) in [5.41, 5.74) is 0. The number of likely N-dealkylation sites (tertiary alicyclic amines) is 1. The van der Waals surface area contributed by atoms with Gasteiger partial charge in [-0.2, -0.15) is 0 Å². The maximum absolute atomic E-state index is 11.7. The van der Waals surface area contributed by atoms with Gasteiger partial charge >= 0.3 is 5.97 Å². The lowest BCUT2D eigenvalue weighted by atomic mass is 9.99. The summed E-state index contributed by atoms with van der Waals surface area (Å²) in [5.74, 6) is -1.11. The summed E-state index contributed by atoms with van der Waals surface area (Å²) < 4.78 is 0. The zero-order valence-electron chi connectivity index (χ0n) is 10.6. The van der Waals surface area contributed by atoms with Crippen molar-refractivity contribution in [3.63, 3.8) is 0 Å². The number of carbonyl (C=O) groups is 2. The highest BCUT2D eigenvalue weighted by atomic mass is 16.4. The first-order chi connectivity index (χ1) is 8.04. The Bertz CT molecular complexity index is 281. The van der Waals surface area contributed by atoms with E-state index in [9.17, 15) is 9.59 Å². The quantitative estimate of drug-likeness (QED) is 0.749. The molecule has 5 heteroatoms. The van der Waals surface area contributed by atoms with Crippen LogP contribution in [0.1, 0.15) is 39.0 Å². The van der Waals surface area contributed by atoms with E-state index in [1.807, 2.05) is 7.05 Å². The summed E-state index contributed by atoms with van der Waals surface area (Å²) in [6.07, 6.45) is 4.18. The van der Waals surface area contributed by atoms with Gasteiger partial charge in [0.05, 0.1) is 0 Å². The predicted molar refractivity (Wildman–Crippen MR) is 64.7 cm³/mol. The van der Waals surface area contributed by atoms with Crippen molar-refractivity contribution in [1.82, 2.24) is 10.2 Å². The Kier molecular flexibility index (Phi) is 5.41. The third-order valence-corrected chi connectivity index (χ3v) is 3.38. The molecule has 1 fully saturated rings. The van der Waals surface area contributed by atoms with Crippen molar-refractivity contribution in [2.24, 2.45) is 0 Å². The molecule has 0 aromatic heterocycles.